The van der Waals surface area contributed by atoms with Gasteiger partial charge in [0.1, 0.15) is 0 Å². The van der Waals surface area contributed by atoms with E-state index in [-0.39, 0.29) is 31.1 Å². The van der Waals surface area contributed by atoms with Crippen molar-refractivity contribution in [2.75, 3.05) is 20.2 Å². The van der Waals surface area contributed by atoms with Crippen LogP contribution >= 0.6 is 0 Å². The molecule has 7 heteroatoms. The van der Waals surface area contributed by atoms with Crippen LogP contribution in [-0.4, -0.2) is 43.8 Å². The van der Waals surface area contributed by atoms with Crippen molar-refractivity contribution < 1.29 is 23.9 Å². The van der Waals surface area contributed by atoms with Gasteiger partial charge in [-0.1, -0.05) is 12.1 Å². The molecule has 0 unspecified atom stereocenters. The van der Waals surface area contributed by atoms with Crippen LogP contribution in [0.2, 0.25) is 0 Å². The van der Waals surface area contributed by atoms with E-state index in [0.29, 0.717) is 5.56 Å². The summed E-state index contributed by atoms with van der Waals surface area (Å²) in [6.45, 7) is 3.21. The minimum Gasteiger partial charge on any atom is -0.456 e. The molecule has 1 aromatic carbocycles. The van der Waals surface area contributed by atoms with Gasteiger partial charge in [-0.3, -0.25) is 19.2 Å². The second-order valence-electron chi connectivity index (χ2n) is 5.33. The predicted molar refractivity (Wildman–Crippen MR) is 87.5 cm³/mol. The van der Waals surface area contributed by atoms with Crippen molar-refractivity contribution in [1.29, 1.82) is 0 Å². The normalized spacial score (nSPS) is 9.96. The van der Waals surface area contributed by atoms with Crippen molar-refractivity contribution in [2.24, 2.45) is 0 Å². The first-order valence-electron chi connectivity index (χ1n) is 7.57. The fraction of sp³-hybridized carbons (Fsp3) is 0.412. The van der Waals surface area contributed by atoms with E-state index in [1.54, 1.807) is 12.1 Å². The van der Waals surface area contributed by atoms with E-state index in [9.17, 15) is 19.2 Å². The summed E-state index contributed by atoms with van der Waals surface area (Å²) in [6, 6.07) is 5.37. The zero-order chi connectivity index (χ0) is 18.1. The maximum atomic E-state index is 12.0. The van der Waals surface area contributed by atoms with Crippen molar-refractivity contribution in [1.82, 2.24) is 10.6 Å². The van der Waals surface area contributed by atoms with E-state index in [1.807, 2.05) is 19.9 Å². The van der Waals surface area contributed by atoms with Crippen molar-refractivity contribution in [3.63, 3.8) is 0 Å². The number of carbonyl (C=O) groups excluding carboxylic acids is 4. The van der Waals surface area contributed by atoms with E-state index in [2.05, 4.69) is 10.6 Å². The van der Waals surface area contributed by atoms with Gasteiger partial charge in [0.2, 0.25) is 5.91 Å². The zero-order valence-electron chi connectivity index (χ0n) is 14.1. The Balaban J connectivity index is 2.32. The number of hydrogen-bond donors (Lipinski definition) is 2. The fourth-order valence-electron chi connectivity index (χ4n) is 1.81. The molecule has 0 bridgehead atoms. The highest BCUT2D eigenvalue weighted by Gasteiger charge is 2.12. The van der Waals surface area contributed by atoms with Gasteiger partial charge in [0, 0.05) is 19.0 Å². The summed E-state index contributed by atoms with van der Waals surface area (Å²) in [7, 11) is 1.45. The van der Waals surface area contributed by atoms with Crippen LogP contribution in [0.3, 0.4) is 0 Å². The number of benzene rings is 1. The number of nitrogens with one attached hydrogen (secondary N) is 2. The van der Waals surface area contributed by atoms with Crippen molar-refractivity contribution >= 4 is 23.6 Å². The summed E-state index contributed by atoms with van der Waals surface area (Å²) in [5.41, 5.74) is 2.65. The van der Waals surface area contributed by atoms with Gasteiger partial charge in [0.15, 0.2) is 12.4 Å². The quantitative estimate of drug-likeness (QED) is 0.537. The minimum absolute atomic E-state index is 0.0151. The standard InChI is InChI=1S/C17H22N2O5/c1-11-4-5-13(8-12(11)2)14(20)6-7-17(23)24-10-16(22)19-9-15(21)18-3/h4-5,8H,6-7,9-10H2,1-3H3,(H,18,21)(H,19,22). The minimum atomic E-state index is -0.637. The molecule has 24 heavy (non-hydrogen) atoms. The van der Waals surface area contributed by atoms with Gasteiger partial charge in [-0.2, -0.15) is 0 Å². The number of esters is 1. The Morgan fingerprint density at radius 2 is 1.71 bits per heavy atom. The molecule has 0 spiro atoms. The molecule has 0 aromatic heterocycles. The first-order valence-corrected chi connectivity index (χ1v) is 7.57. The molecule has 1 aromatic rings. The monoisotopic (exact) mass is 334 g/mol. The average molecular weight is 334 g/mol. The molecule has 1 rings (SSSR count). The van der Waals surface area contributed by atoms with Crippen LogP contribution in [-0.2, 0) is 19.1 Å². The van der Waals surface area contributed by atoms with Crippen molar-refractivity contribution in [3.05, 3.63) is 34.9 Å². The molecule has 130 valence electrons. The second kappa shape index (κ2) is 9.44. The lowest BCUT2D eigenvalue weighted by atomic mass is 10.0. The molecule has 2 amide bonds. The third-order valence-electron chi connectivity index (χ3n) is 3.47. The van der Waals surface area contributed by atoms with Gasteiger partial charge in [-0.25, -0.2) is 0 Å². The Kier molecular flexibility index (Phi) is 7.61. The summed E-state index contributed by atoms with van der Waals surface area (Å²) >= 11 is 0. The Labute approximate surface area is 140 Å². The van der Waals surface area contributed by atoms with Gasteiger partial charge in [-0.15, -0.1) is 0 Å². The van der Waals surface area contributed by atoms with Gasteiger partial charge in [0.25, 0.3) is 5.91 Å². The number of rotatable bonds is 8. The predicted octanol–water partition coefficient (Wildman–Crippen LogP) is 0.672. The number of Topliss-reactive ketones (excluding diaryl/α,β-unsaturated/α-hetero) is 1. The van der Waals surface area contributed by atoms with Gasteiger partial charge in [-0.05, 0) is 31.0 Å². The maximum absolute atomic E-state index is 12.0. The Morgan fingerprint density at radius 3 is 2.33 bits per heavy atom. The zero-order valence-corrected chi connectivity index (χ0v) is 14.1. The molecule has 0 radical (unpaired) electrons. The van der Waals surface area contributed by atoms with E-state index < -0.39 is 18.5 Å². The molecule has 2 N–H and O–H groups in total. The van der Waals surface area contributed by atoms with Crippen molar-refractivity contribution in [3.8, 4) is 0 Å². The van der Waals surface area contributed by atoms with Crippen LogP contribution in [0.15, 0.2) is 18.2 Å². The molecule has 0 saturated carbocycles. The number of ether oxygens (including phenoxy) is 1. The summed E-state index contributed by atoms with van der Waals surface area (Å²) in [5, 5.41) is 4.64. The number of aryl methyl sites for hydroxylation is 2. The van der Waals surface area contributed by atoms with E-state index >= 15 is 0 Å². The number of carbonyl (C=O) groups is 4. The molecule has 0 heterocycles. The molecule has 0 aliphatic rings. The largest absolute Gasteiger partial charge is 0.456 e. The topological polar surface area (TPSA) is 102 Å². The Bertz CT molecular complexity index is 640. The maximum Gasteiger partial charge on any atom is 0.306 e. The Morgan fingerprint density at radius 1 is 1.00 bits per heavy atom. The molecule has 0 aliphatic heterocycles. The van der Waals surface area contributed by atoms with Crippen LogP contribution in [0.4, 0.5) is 0 Å². The highest BCUT2D eigenvalue weighted by Crippen LogP contribution is 2.12. The molecule has 0 fully saturated rings. The smallest absolute Gasteiger partial charge is 0.306 e. The average Bonchev–Trinajstić information content (AvgIpc) is 2.57. The lowest BCUT2D eigenvalue weighted by Crippen LogP contribution is -2.37. The van der Waals surface area contributed by atoms with Gasteiger partial charge >= 0.3 is 5.97 Å². The second-order valence-corrected chi connectivity index (χ2v) is 5.33. The van der Waals surface area contributed by atoms with E-state index in [4.69, 9.17) is 4.74 Å². The van der Waals surface area contributed by atoms with Crippen LogP contribution in [0.5, 0.6) is 0 Å². The molecular weight excluding hydrogens is 312 g/mol. The number of likely N-dealkylation sites (N-methyl/N-ethyl adjacent to an activating group) is 1. The van der Waals surface area contributed by atoms with Gasteiger partial charge in [0.05, 0.1) is 13.0 Å². The summed E-state index contributed by atoms with van der Waals surface area (Å²) in [4.78, 5) is 45.9. The van der Waals surface area contributed by atoms with Crippen LogP contribution in [0.25, 0.3) is 0 Å². The lowest BCUT2D eigenvalue weighted by molar-refractivity contribution is -0.148. The fourth-order valence-corrected chi connectivity index (χ4v) is 1.81. The van der Waals surface area contributed by atoms with E-state index in [1.165, 1.54) is 7.05 Å². The van der Waals surface area contributed by atoms with E-state index in [0.717, 1.165) is 11.1 Å². The first kappa shape index (κ1) is 19.3. The number of amides is 2. The summed E-state index contributed by atoms with van der Waals surface area (Å²) in [6.07, 6.45) is -0.0876. The van der Waals surface area contributed by atoms with Crippen LogP contribution in [0.1, 0.15) is 34.3 Å². The first-order chi connectivity index (χ1) is 11.3. The SMILES string of the molecule is CNC(=O)CNC(=O)COC(=O)CCC(=O)c1ccc(C)c(C)c1. The molecule has 0 atom stereocenters. The summed E-state index contributed by atoms with van der Waals surface area (Å²) in [5.74, 6) is -1.72. The Hall–Kier alpha value is -2.70. The highest BCUT2D eigenvalue weighted by molar-refractivity contribution is 5.97. The van der Waals surface area contributed by atoms with Crippen LogP contribution in [0, 0.1) is 13.8 Å². The number of hydrogen-bond acceptors (Lipinski definition) is 5. The molecular formula is C17H22N2O5. The number of ketones is 1. The molecule has 0 saturated heterocycles. The molecule has 7 nitrogen and oxygen atoms in total. The third-order valence-corrected chi connectivity index (χ3v) is 3.47. The van der Waals surface area contributed by atoms with Gasteiger partial charge < -0.3 is 15.4 Å². The van der Waals surface area contributed by atoms with Crippen molar-refractivity contribution in [2.45, 2.75) is 26.7 Å². The highest BCUT2D eigenvalue weighted by atomic mass is 16.5. The summed E-state index contributed by atoms with van der Waals surface area (Å²) < 4.78 is 4.76. The third kappa shape index (κ3) is 6.60. The lowest BCUT2D eigenvalue weighted by Gasteiger charge is -2.07. The molecule has 0 aliphatic carbocycles. The van der Waals surface area contributed by atoms with Crippen LogP contribution < -0.4 is 10.6 Å².